The van der Waals surface area contributed by atoms with Gasteiger partial charge in [0.2, 0.25) is 0 Å². The van der Waals surface area contributed by atoms with E-state index in [1.807, 2.05) is 32.0 Å². The lowest BCUT2D eigenvalue weighted by Crippen LogP contribution is -2.14. The Balaban J connectivity index is 2.87. The lowest BCUT2D eigenvalue weighted by atomic mass is 10.0. The lowest BCUT2D eigenvalue weighted by molar-refractivity contribution is 0.0994. The first kappa shape index (κ1) is 12.3. The molecule has 1 atom stereocenters. The van der Waals surface area contributed by atoms with Gasteiger partial charge in [-0.2, -0.15) is 11.8 Å². The van der Waals surface area contributed by atoms with E-state index in [-0.39, 0.29) is 11.0 Å². The van der Waals surface area contributed by atoms with Crippen molar-refractivity contribution in [2.75, 3.05) is 5.75 Å². The standard InChI is InChI=1S/C13H18OS/c1-5-15-11(4)13(14)12-7-6-9(2)10(3)8-12/h6-8,11H,5H2,1-4H3. The van der Waals surface area contributed by atoms with Crippen molar-refractivity contribution < 1.29 is 4.79 Å². The molecule has 82 valence electrons. The summed E-state index contributed by atoms with van der Waals surface area (Å²) in [5.74, 6) is 1.22. The highest BCUT2D eigenvalue weighted by Gasteiger charge is 2.14. The quantitative estimate of drug-likeness (QED) is 0.724. The Morgan fingerprint density at radius 2 is 2.00 bits per heavy atom. The molecular formula is C13H18OS. The fourth-order valence-electron chi connectivity index (χ4n) is 1.46. The van der Waals surface area contributed by atoms with E-state index in [4.69, 9.17) is 0 Å². The Kier molecular flexibility index (Phi) is 4.40. The van der Waals surface area contributed by atoms with Crippen LogP contribution in [0.4, 0.5) is 0 Å². The number of ketones is 1. The number of carbonyl (C=O) groups excluding carboxylic acids is 1. The van der Waals surface area contributed by atoms with Crippen LogP contribution in [0.25, 0.3) is 0 Å². The van der Waals surface area contributed by atoms with Crippen molar-refractivity contribution in [1.82, 2.24) is 0 Å². The molecule has 0 saturated heterocycles. The zero-order chi connectivity index (χ0) is 11.4. The van der Waals surface area contributed by atoms with Gasteiger partial charge < -0.3 is 0 Å². The van der Waals surface area contributed by atoms with Crippen LogP contribution in [0.5, 0.6) is 0 Å². The van der Waals surface area contributed by atoms with Crippen LogP contribution in [0.1, 0.15) is 35.3 Å². The lowest BCUT2D eigenvalue weighted by Gasteiger charge is -2.10. The van der Waals surface area contributed by atoms with Gasteiger partial charge in [-0.1, -0.05) is 19.1 Å². The van der Waals surface area contributed by atoms with Crippen LogP contribution in [0.15, 0.2) is 18.2 Å². The fourth-order valence-corrected chi connectivity index (χ4v) is 2.24. The first-order chi connectivity index (χ1) is 7.06. The SMILES string of the molecule is CCSC(C)C(=O)c1ccc(C)c(C)c1. The van der Waals surface area contributed by atoms with Gasteiger partial charge in [0.1, 0.15) is 0 Å². The van der Waals surface area contributed by atoms with Crippen molar-refractivity contribution in [3.63, 3.8) is 0 Å². The largest absolute Gasteiger partial charge is 0.293 e. The van der Waals surface area contributed by atoms with Crippen molar-refractivity contribution >= 4 is 17.5 Å². The molecule has 0 aliphatic rings. The number of hydrogen-bond acceptors (Lipinski definition) is 2. The van der Waals surface area contributed by atoms with E-state index in [1.165, 1.54) is 11.1 Å². The smallest absolute Gasteiger partial charge is 0.175 e. The molecule has 1 unspecified atom stereocenters. The molecule has 0 heterocycles. The molecule has 0 fully saturated rings. The van der Waals surface area contributed by atoms with Crippen molar-refractivity contribution in [3.05, 3.63) is 34.9 Å². The maximum atomic E-state index is 12.0. The van der Waals surface area contributed by atoms with Gasteiger partial charge in [0, 0.05) is 5.56 Å². The monoisotopic (exact) mass is 222 g/mol. The Morgan fingerprint density at radius 3 is 2.53 bits per heavy atom. The molecule has 1 aromatic rings. The molecule has 0 aromatic heterocycles. The van der Waals surface area contributed by atoms with Crippen molar-refractivity contribution in [2.45, 2.75) is 32.9 Å². The highest BCUT2D eigenvalue weighted by atomic mass is 32.2. The molecule has 1 rings (SSSR count). The average molecular weight is 222 g/mol. The van der Waals surface area contributed by atoms with Crippen LogP contribution in [0.2, 0.25) is 0 Å². The average Bonchev–Trinajstić information content (AvgIpc) is 2.21. The molecule has 0 saturated carbocycles. The maximum Gasteiger partial charge on any atom is 0.175 e. The van der Waals surface area contributed by atoms with Gasteiger partial charge in [-0.05, 0) is 43.7 Å². The van der Waals surface area contributed by atoms with E-state index >= 15 is 0 Å². The summed E-state index contributed by atoms with van der Waals surface area (Å²) in [5.41, 5.74) is 3.27. The van der Waals surface area contributed by atoms with E-state index < -0.39 is 0 Å². The molecule has 1 aromatic carbocycles. The number of hydrogen-bond donors (Lipinski definition) is 0. The molecular weight excluding hydrogens is 204 g/mol. The number of aryl methyl sites for hydroxylation is 2. The van der Waals surface area contributed by atoms with Gasteiger partial charge in [-0.3, -0.25) is 4.79 Å². The molecule has 0 N–H and O–H groups in total. The Bertz CT molecular complexity index is 358. The van der Waals surface area contributed by atoms with Crippen LogP contribution in [-0.4, -0.2) is 16.8 Å². The third-order valence-electron chi connectivity index (χ3n) is 2.58. The van der Waals surface area contributed by atoms with Crippen LogP contribution >= 0.6 is 11.8 Å². The highest BCUT2D eigenvalue weighted by molar-refractivity contribution is 8.00. The number of benzene rings is 1. The zero-order valence-electron chi connectivity index (χ0n) is 9.83. The van der Waals surface area contributed by atoms with Crippen LogP contribution in [0.3, 0.4) is 0 Å². The Hall–Kier alpha value is -0.760. The first-order valence-corrected chi connectivity index (χ1v) is 6.34. The van der Waals surface area contributed by atoms with Gasteiger partial charge >= 0.3 is 0 Å². The molecule has 0 amide bonds. The first-order valence-electron chi connectivity index (χ1n) is 5.29. The van der Waals surface area contributed by atoms with E-state index in [1.54, 1.807) is 11.8 Å². The second-order valence-corrected chi connectivity index (χ2v) is 5.38. The second-order valence-electron chi connectivity index (χ2n) is 3.76. The molecule has 2 heteroatoms. The van der Waals surface area contributed by atoms with E-state index in [0.29, 0.717) is 0 Å². The minimum atomic E-state index is 0.0668. The summed E-state index contributed by atoms with van der Waals surface area (Å²) in [6.45, 7) is 8.16. The summed E-state index contributed by atoms with van der Waals surface area (Å²) in [6.07, 6.45) is 0. The normalized spacial score (nSPS) is 12.5. The summed E-state index contributed by atoms with van der Waals surface area (Å²) >= 11 is 1.69. The van der Waals surface area contributed by atoms with Crippen molar-refractivity contribution in [1.29, 1.82) is 0 Å². The summed E-state index contributed by atoms with van der Waals surface area (Å²) in [4.78, 5) is 12.0. The number of thioether (sulfide) groups is 1. The summed E-state index contributed by atoms with van der Waals surface area (Å²) < 4.78 is 0. The fraction of sp³-hybridized carbons (Fsp3) is 0.462. The molecule has 15 heavy (non-hydrogen) atoms. The van der Waals surface area contributed by atoms with Crippen LogP contribution in [0, 0.1) is 13.8 Å². The van der Waals surface area contributed by atoms with Crippen LogP contribution in [-0.2, 0) is 0 Å². The summed E-state index contributed by atoms with van der Waals surface area (Å²) in [5, 5.41) is 0.0668. The van der Waals surface area contributed by atoms with Gasteiger partial charge in [-0.25, -0.2) is 0 Å². The van der Waals surface area contributed by atoms with Gasteiger partial charge in [0.25, 0.3) is 0 Å². The third kappa shape index (κ3) is 3.10. The predicted molar refractivity (Wildman–Crippen MR) is 67.8 cm³/mol. The van der Waals surface area contributed by atoms with Crippen LogP contribution < -0.4 is 0 Å². The minimum Gasteiger partial charge on any atom is -0.293 e. The number of carbonyl (C=O) groups is 1. The van der Waals surface area contributed by atoms with Crippen molar-refractivity contribution in [2.24, 2.45) is 0 Å². The summed E-state index contributed by atoms with van der Waals surface area (Å²) in [6, 6.07) is 5.94. The second kappa shape index (κ2) is 5.36. The van der Waals surface area contributed by atoms with E-state index in [2.05, 4.69) is 13.8 Å². The van der Waals surface area contributed by atoms with E-state index in [9.17, 15) is 4.79 Å². The Labute approximate surface area is 96.3 Å². The third-order valence-corrected chi connectivity index (χ3v) is 3.62. The highest BCUT2D eigenvalue weighted by Crippen LogP contribution is 2.18. The number of rotatable bonds is 4. The Morgan fingerprint density at radius 1 is 1.33 bits per heavy atom. The topological polar surface area (TPSA) is 17.1 Å². The minimum absolute atomic E-state index is 0.0668. The molecule has 1 nitrogen and oxygen atoms in total. The maximum absolute atomic E-state index is 12.0. The van der Waals surface area contributed by atoms with E-state index in [0.717, 1.165) is 11.3 Å². The summed E-state index contributed by atoms with van der Waals surface area (Å²) in [7, 11) is 0. The molecule has 0 aliphatic carbocycles. The zero-order valence-corrected chi connectivity index (χ0v) is 10.6. The molecule has 0 bridgehead atoms. The molecule has 0 spiro atoms. The predicted octanol–water partition coefficient (Wildman–Crippen LogP) is 3.63. The number of Topliss-reactive ketones (excluding diaryl/α,β-unsaturated/α-hetero) is 1. The molecule has 0 radical (unpaired) electrons. The molecule has 0 aliphatic heterocycles. The van der Waals surface area contributed by atoms with Gasteiger partial charge in [0.05, 0.1) is 5.25 Å². The van der Waals surface area contributed by atoms with Crippen molar-refractivity contribution in [3.8, 4) is 0 Å². The van der Waals surface area contributed by atoms with Gasteiger partial charge in [-0.15, -0.1) is 0 Å². The van der Waals surface area contributed by atoms with Gasteiger partial charge in [0.15, 0.2) is 5.78 Å².